The highest BCUT2D eigenvalue weighted by molar-refractivity contribution is 6.03. The van der Waals surface area contributed by atoms with Crippen molar-refractivity contribution in [3.8, 4) is 11.1 Å². The molecular weight excluding hydrogens is 419 g/mol. The van der Waals surface area contributed by atoms with E-state index in [2.05, 4.69) is 37.0 Å². The first-order valence-corrected chi connectivity index (χ1v) is 10.9. The fraction of sp³-hybridized carbons (Fsp3) is 0.200. The molecule has 0 bridgehead atoms. The number of aromatic nitrogens is 3. The number of nitrogens with zero attached hydrogens (tertiary/aromatic N) is 3. The van der Waals surface area contributed by atoms with Crippen LogP contribution in [0.2, 0.25) is 0 Å². The second-order valence-electron chi connectivity index (χ2n) is 8.06. The van der Waals surface area contributed by atoms with Crippen molar-refractivity contribution in [1.82, 2.24) is 20.3 Å². The molecule has 1 aliphatic rings. The topological polar surface area (TPSA) is 91.8 Å². The standard InChI is InChI=1S/C25H23FN6O/c26-20-5-3-16(4-6-20)24(33)32-25-29-14-18-2-1-17(12-23(18)31-25)19-11-22(15-28-13-19)30-21-7-9-27-10-8-21/h1-6,11-15,21,27,30H,7-10H2,(H,29,31,32,33). The van der Waals surface area contributed by atoms with Crippen molar-refractivity contribution in [3.63, 3.8) is 0 Å². The lowest BCUT2D eigenvalue weighted by atomic mass is 10.0. The minimum Gasteiger partial charge on any atom is -0.381 e. The van der Waals surface area contributed by atoms with Gasteiger partial charge in [0.15, 0.2) is 0 Å². The Morgan fingerprint density at radius 2 is 1.79 bits per heavy atom. The number of hydrogen-bond donors (Lipinski definition) is 3. The van der Waals surface area contributed by atoms with Crippen LogP contribution in [0.25, 0.3) is 22.0 Å². The van der Waals surface area contributed by atoms with Gasteiger partial charge in [-0.1, -0.05) is 12.1 Å². The second-order valence-corrected chi connectivity index (χ2v) is 8.06. The highest BCUT2D eigenvalue weighted by atomic mass is 19.1. The van der Waals surface area contributed by atoms with E-state index in [4.69, 9.17) is 0 Å². The van der Waals surface area contributed by atoms with Gasteiger partial charge in [0.1, 0.15) is 5.82 Å². The Kier molecular flexibility index (Phi) is 5.91. The zero-order valence-electron chi connectivity index (χ0n) is 17.9. The number of hydrogen-bond acceptors (Lipinski definition) is 6. The molecule has 0 spiro atoms. The molecule has 1 amide bonds. The Labute approximate surface area is 190 Å². The minimum atomic E-state index is -0.398. The fourth-order valence-corrected chi connectivity index (χ4v) is 3.92. The van der Waals surface area contributed by atoms with Crippen LogP contribution in [0, 0.1) is 5.82 Å². The van der Waals surface area contributed by atoms with Gasteiger partial charge in [0.2, 0.25) is 5.95 Å². The van der Waals surface area contributed by atoms with Crippen molar-refractivity contribution < 1.29 is 9.18 Å². The van der Waals surface area contributed by atoms with E-state index in [1.54, 1.807) is 6.20 Å². The van der Waals surface area contributed by atoms with Crippen molar-refractivity contribution in [1.29, 1.82) is 0 Å². The van der Waals surface area contributed by atoms with Crippen LogP contribution in [0.4, 0.5) is 16.0 Å². The molecule has 0 saturated carbocycles. The van der Waals surface area contributed by atoms with Crippen LogP contribution in [-0.4, -0.2) is 40.0 Å². The molecular formula is C25H23FN6O. The van der Waals surface area contributed by atoms with Crippen LogP contribution in [0.3, 0.4) is 0 Å². The van der Waals surface area contributed by atoms with E-state index in [1.165, 1.54) is 24.3 Å². The van der Waals surface area contributed by atoms with Crippen LogP contribution < -0.4 is 16.0 Å². The number of pyridine rings is 1. The lowest BCUT2D eigenvalue weighted by Crippen LogP contribution is -2.35. The number of rotatable bonds is 5. The van der Waals surface area contributed by atoms with Gasteiger partial charge in [-0.05, 0) is 67.9 Å². The number of anilines is 2. The Bertz CT molecular complexity index is 1290. The van der Waals surface area contributed by atoms with Gasteiger partial charge in [-0.2, -0.15) is 0 Å². The average Bonchev–Trinajstić information content (AvgIpc) is 2.85. The monoisotopic (exact) mass is 442 g/mol. The van der Waals surface area contributed by atoms with Gasteiger partial charge in [-0.15, -0.1) is 0 Å². The highest BCUT2D eigenvalue weighted by Crippen LogP contribution is 2.26. The van der Waals surface area contributed by atoms with Gasteiger partial charge in [0.05, 0.1) is 11.2 Å². The van der Waals surface area contributed by atoms with Gasteiger partial charge in [-0.25, -0.2) is 14.4 Å². The number of piperidine rings is 1. The van der Waals surface area contributed by atoms with Gasteiger partial charge in [-0.3, -0.25) is 15.1 Å². The van der Waals surface area contributed by atoms with E-state index < -0.39 is 11.7 Å². The van der Waals surface area contributed by atoms with Crippen molar-refractivity contribution in [2.75, 3.05) is 23.7 Å². The molecule has 2 aromatic carbocycles. The van der Waals surface area contributed by atoms with Gasteiger partial charge < -0.3 is 10.6 Å². The maximum absolute atomic E-state index is 13.1. The molecule has 1 fully saturated rings. The SMILES string of the molecule is O=C(Nc1ncc2ccc(-c3cncc(NC4CCNCC4)c3)cc2n1)c1ccc(F)cc1. The third kappa shape index (κ3) is 4.96. The lowest BCUT2D eigenvalue weighted by Gasteiger charge is -2.24. The molecule has 1 saturated heterocycles. The number of fused-ring (bicyclic) bond motifs is 1. The van der Waals surface area contributed by atoms with Crippen LogP contribution in [-0.2, 0) is 0 Å². The number of carbonyl (C=O) groups excluding carboxylic acids is 1. The summed E-state index contributed by atoms with van der Waals surface area (Å²) in [5, 5.41) is 10.5. The summed E-state index contributed by atoms with van der Waals surface area (Å²) in [6.07, 6.45) is 7.51. The summed E-state index contributed by atoms with van der Waals surface area (Å²) in [6, 6.07) is 13.8. The molecule has 5 rings (SSSR count). The maximum atomic E-state index is 13.1. The average molecular weight is 442 g/mol. The third-order valence-corrected chi connectivity index (χ3v) is 5.70. The van der Waals surface area contributed by atoms with Crippen LogP contribution in [0.1, 0.15) is 23.2 Å². The van der Waals surface area contributed by atoms with Crippen molar-refractivity contribution in [2.24, 2.45) is 0 Å². The van der Waals surface area contributed by atoms with E-state index in [9.17, 15) is 9.18 Å². The minimum absolute atomic E-state index is 0.188. The second kappa shape index (κ2) is 9.30. The lowest BCUT2D eigenvalue weighted by molar-refractivity contribution is 0.102. The molecule has 166 valence electrons. The summed E-state index contributed by atoms with van der Waals surface area (Å²) < 4.78 is 13.1. The Hall–Kier alpha value is -3.91. The first-order chi connectivity index (χ1) is 16.1. The summed E-state index contributed by atoms with van der Waals surface area (Å²) in [5.74, 6) is -0.606. The molecule has 0 unspecified atom stereocenters. The van der Waals surface area contributed by atoms with E-state index in [0.717, 1.165) is 48.1 Å². The molecule has 8 heteroatoms. The first kappa shape index (κ1) is 21.0. The predicted molar refractivity (Wildman–Crippen MR) is 127 cm³/mol. The van der Waals surface area contributed by atoms with E-state index in [0.29, 0.717) is 17.1 Å². The predicted octanol–water partition coefficient (Wildman–Crippen LogP) is 4.25. The van der Waals surface area contributed by atoms with Crippen LogP contribution in [0.15, 0.2) is 67.1 Å². The van der Waals surface area contributed by atoms with Crippen molar-refractivity contribution in [2.45, 2.75) is 18.9 Å². The molecule has 1 aliphatic heterocycles. The number of halogens is 1. The molecule has 3 N–H and O–H groups in total. The summed E-state index contributed by atoms with van der Waals surface area (Å²) in [4.78, 5) is 25.6. The van der Waals surface area contributed by atoms with Crippen LogP contribution >= 0.6 is 0 Å². The third-order valence-electron chi connectivity index (χ3n) is 5.70. The summed E-state index contributed by atoms with van der Waals surface area (Å²) >= 11 is 0. The first-order valence-electron chi connectivity index (χ1n) is 10.9. The van der Waals surface area contributed by atoms with Gasteiger partial charge >= 0.3 is 0 Å². The molecule has 4 aromatic rings. The highest BCUT2D eigenvalue weighted by Gasteiger charge is 2.13. The normalized spacial score (nSPS) is 14.2. The van der Waals surface area contributed by atoms with Crippen LogP contribution in [0.5, 0.6) is 0 Å². The fourth-order valence-electron chi connectivity index (χ4n) is 3.92. The molecule has 0 atom stereocenters. The Morgan fingerprint density at radius 3 is 2.61 bits per heavy atom. The van der Waals surface area contributed by atoms with Gasteiger partial charge in [0, 0.05) is 41.1 Å². The smallest absolute Gasteiger partial charge is 0.258 e. The molecule has 3 heterocycles. The van der Waals surface area contributed by atoms with Crippen molar-refractivity contribution in [3.05, 3.63) is 78.5 Å². The van der Waals surface area contributed by atoms with Crippen molar-refractivity contribution >= 4 is 28.4 Å². The molecule has 33 heavy (non-hydrogen) atoms. The van der Waals surface area contributed by atoms with E-state index >= 15 is 0 Å². The number of carbonyl (C=O) groups is 1. The number of benzene rings is 2. The summed E-state index contributed by atoms with van der Waals surface area (Å²) in [7, 11) is 0. The number of nitrogens with one attached hydrogen (secondary N) is 3. The zero-order chi connectivity index (χ0) is 22.6. The molecule has 0 radical (unpaired) electrons. The summed E-state index contributed by atoms with van der Waals surface area (Å²) in [6.45, 7) is 2.05. The Morgan fingerprint density at radius 1 is 0.970 bits per heavy atom. The maximum Gasteiger partial charge on any atom is 0.258 e. The largest absolute Gasteiger partial charge is 0.381 e. The van der Waals surface area contributed by atoms with E-state index in [1.807, 2.05) is 30.6 Å². The molecule has 2 aromatic heterocycles. The molecule has 0 aliphatic carbocycles. The van der Waals surface area contributed by atoms with Gasteiger partial charge in [0.25, 0.3) is 5.91 Å². The van der Waals surface area contributed by atoms with E-state index in [-0.39, 0.29) is 5.95 Å². The zero-order valence-corrected chi connectivity index (χ0v) is 17.9. The molecule has 7 nitrogen and oxygen atoms in total. The number of amides is 1. The Balaban J connectivity index is 1.37. The summed E-state index contributed by atoms with van der Waals surface area (Å²) in [5.41, 5.74) is 3.98. The quantitative estimate of drug-likeness (QED) is 0.428.